The molecule has 1 aromatic rings. The van der Waals surface area contributed by atoms with Gasteiger partial charge in [0.05, 0.1) is 12.8 Å². The molecule has 1 atom stereocenters. The van der Waals surface area contributed by atoms with Gasteiger partial charge in [0.15, 0.2) is 6.23 Å². The summed E-state index contributed by atoms with van der Waals surface area (Å²) < 4.78 is 7.15. The van der Waals surface area contributed by atoms with E-state index in [1.165, 1.54) is 0 Å². The minimum Gasteiger partial charge on any atom is -0.384 e. The van der Waals surface area contributed by atoms with Crippen molar-refractivity contribution in [3.05, 3.63) is 12.3 Å². The van der Waals surface area contributed by atoms with Gasteiger partial charge in [-0.1, -0.05) is 0 Å². The number of nitrogens with two attached hydrogens (primary N) is 1. The second-order valence-electron chi connectivity index (χ2n) is 2.73. The molecule has 1 aliphatic heterocycles. The fraction of sp³-hybridized carbons (Fsp3) is 0.571. The highest BCUT2D eigenvalue weighted by Gasteiger charge is 2.16. The van der Waals surface area contributed by atoms with Crippen molar-refractivity contribution in [2.45, 2.75) is 6.23 Å². The zero-order chi connectivity index (χ0) is 8.39. The van der Waals surface area contributed by atoms with Crippen LogP contribution in [0.4, 0.5) is 5.82 Å². The third kappa shape index (κ3) is 1.28. The molecular formula is C7H12N4O. The summed E-state index contributed by atoms with van der Waals surface area (Å²) >= 11 is 0. The summed E-state index contributed by atoms with van der Waals surface area (Å²) in [5.41, 5.74) is 5.66. The summed E-state index contributed by atoms with van der Waals surface area (Å²) in [6, 6.07) is 1.76. The van der Waals surface area contributed by atoms with Gasteiger partial charge in [0, 0.05) is 19.2 Å². The fourth-order valence-corrected chi connectivity index (χ4v) is 1.27. The van der Waals surface area contributed by atoms with Crippen molar-refractivity contribution in [3.63, 3.8) is 0 Å². The van der Waals surface area contributed by atoms with Gasteiger partial charge in [0.2, 0.25) is 0 Å². The first kappa shape index (κ1) is 7.57. The Morgan fingerprint density at radius 3 is 3.25 bits per heavy atom. The van der Waals surface area contributed by atoms with Gasteiger partial charge in [-0.2, -0.15) is 5.10 Å². The van der Waals surface area contributed by atoms with E-state index >= 15 is 0 Å². The highest BCUT2D eigenvalue weighted by molar-refractivity contribution is 5.26. The van der Waals surface area contributed by atoms with Crippen molar-refractivity contribution in [2.24, 2.45) is 0 Å². The van der Waals surface area contributed by atoms with Gasteiger partial charge in [0.25, 0.3) is 0 Å². The minimum atomic E-state index is -0.0475. The van der Waals surface area contributed by atoms with Crippen LogP contribution in [0, 0.1) is 0 Å². The van der Waals surface area contributed by atoms with Crippen molar-refractivity contribution in [3.8, 4) is 0 Å². The third-order valence-electron chi connectivity index (χ3n) is 1.88. The SMILES string of the molecule is Nc1ccnn1C1CNCCO1. The molecule has 0 aromatic carbocycles. The average Bonchev–Trinajstić information content (AvgIpc) is 2.53. The molecule has 1 aromatic heterocycles. The van der Waals surface area contributed by atoms with Crippen LogP contribution < -0.4 is 11.1 Å². The first-order chi connectivity index (χ1) is 5.88. The van der Waals surface area contributed by atoms with E-state index in [1.807, 2.05) is 0 Å². The lowest BCUT2D eigenvalue weighted by Gasteiger charge is -2.24. The van der Waals surface area contributed by atoms with Crippen LogP contribution in [0.5, 0.6) is 0 Å². The Balaban J connectivity index is 2.13. The number of nitrogen functional groups attached to an aromatic ring is 1. The van der Waals surface area contributed by atoms with E-state index in [0.29, 0.717) is 12.4 Å². The molecule has 0 amide bonds. The number of morpholine rings is 1. The molecule has 0 spiro atoms. The largest absolute Gasteiger partial charge is 0.384 e. The summed E-state index contributed by atoms with van der Waals surface area (Å²) in [6.45, 7) is 2.38. The van der Waals surface area contributed by atoms with E-state index in [1.54, 1.807) is 16.9 Å². The van der Waals surface area contributed by atoms with E-state index in [0.717, 1.165) is 13.1 Å². The first-order valence-electron chi connectivity index (χ1n) is 3.99. The molecular weight excluding hydrogens is 156 g/mol. The summed E-state index contributed by atoms with van der Waals surface area (Å²) in [7, 11) is 0. The zero-order valence-corrected chi connectivity index (χ0v) is 6.73. The fourth-order valence-electron chi connectivity index (χ4n) is 1.27. The number of anilines is 1. The van der Waals surface area contributed by atoms with Crippen molar-refractivity contribution < 1.29 is 4.74 Å². The van der Waals surface area contributed by atoms with Gasteiger partial charge in [-0.15, -0.1) is 0 Å². The third-order valence-corrected chi connectivity index (χ3v) is 1.88. The van der Waals surface area contributed by atoms with E-state index in [-0.39, 0.29) is 6.23 Å². The van der Waals surface area contributed by atoms with E-state index in [2.05, 4.69) is 10.4 Å². The molecule has 2 rings (SSSR count). The predicted octanol–water partition coefficient (Wildman–Crippen LogP) is -0.416. The molecule has 12 heavy (non-hydrogen) atoms. The molecule has 5 nitrogen and oxygen atoms in total. The molecule has 0 radical (unpaired) electrons. The number of rotatable bonds is 1. The van der Waals surface area contributed by atoms with Crippen LogP contribution in [-0.4, -0.2) is 29.5 Å². The van der Waals surface area contributed by atoms with Crippen LogP contribution >= 0.6 is 0 Å². The molecule has 66 valence electrons. The maximum absolute atomic E-state index is 5.66. The molecule has 0 bridgehead atoms. The zero-order valence-electron chi connectivity index (χ0n) is 6.73. The highest BCUT2D eigenvalue weighted by Crippen LogP contribution is 2.13. The minimum absolute atomic E-state index is 0.0475. The Morgan fingerprint density at radius 1 is 1.75 bits per heavy atom. The number of hydrogen-bond donors (Lipinski definition) is 2. The molecule has 1 fully saturated rings. The van der Waals surface area contributed by atoms with Crippen LogP contribution in [-0.2, 0) is 4.74 Å². The summed E-state index contributed by atoms with van der Waals surface area (Å²) in [5, 5.41) is 7.28. The van der Waals surface area contributed by atoms with Crippen LogP contribution in [0.2, 0.25) is 0 Å². The molecule has 0 aliphatic carbocycles. The summed E-state index contributed by atoms with van der Waals surface area (Å²) in [4.78, 5) is 0. The van der Waals surface area contributed by atoms with E-state index in [9.17, 15) is 0 Å². The van der Waals surface area contributed by atoms with Gasteiger partial charge >= 0.3 is 0 Å². The Hall–Kier alpha value is -1.07. The van der Waals surface area contributed by atoms with Crippen molar-refractivity contribution in [2.75, 3.05) is 25.4 Å². The van der Waals surface area contributed by atoms with Crippen LogP contribution in [0.25, 0.3) is 0 Å². The monoisotopic (exact) mass is 168 g/mol. The Labute approximate surface area is 70.5 Å². The molecule has 3 N–H and O–H groups in total. The van der Waals surface area contributed by atoms with E-state index in [4.69, 9.17) is 10.5 Å². The molecule has 5 heteroatoms. The normalized spacial score (nSPS) is 24.2. The van der Waals surface area contributed by atoms with Crippen LogP contribution in [0.15, 0.2) is 12.3 Å². The molecule has 1 unspecified atom stereocenters. The van der Waals surface area contributed by atoms with Crippen LogP contribution in [0.3, 0.4) is 0 Å². The smallest absolute Gasteiger partial charge is 0.164 e. The second-order valence-corrected chi connectivity index (χ2v) is 2.73. The highest BCUT2D eigenvalue weighted by atomic mass is 16.5. The standard InChI is InChI=1S/C7H12N4O/c8-6-1-2-10-11(6)7-5-9-3-4-12-7/h1-2,7,9H,3-5,8H2. The predicted molar refractivity (Wildman–Crippen MR) is 44.5 cm³/mol. The number of nitrogens with zero attached hydrogens (tertiary/aromatic N) is 2. The van der Waals surface area contributed by atoms with Gasteiger partial charge in [-0.25, -0.2) is 4.68 Å². The van der Waals surface area contributed by atoms with E-state index < -0.39 is 0 Å². The number of ether oxygens (including phenoxy) is 1. The Bertz CT molecular complexity index is 254. The van der Waals surface area contributed by atoms with Crippen molar-refractivity contribution >= 4 is 5.82 Å². The van der Waals surface area contributed by atoms with Crippen molar-refractivity contribution in [1.29, 1.82) is 0 Å². The Morgan fingerprint density at radius 2 is 2.67 bits per heavy atom. The van der Waals surface area contributed by atoms with Gasteiger partial charge in [-0.05, 0) is 0 Å². The van der Waals surface area contributed by atoms with Crippen molar-refractivity contribution in [1.82, 2.24) is 15.1 Å². The summed E-state index contributed by atoms with van der Waals surface area (Å²) in [6.07, 6.45) is 1.63. The van der Waals surface area contributed by atoms with Gasteiger partial charge in [0.1, 0.15) is 5.82 Å². The summed E-state index contributed by atoms with van der Waals surface area (Å²) in [5.74, 6) is 0.642. The Kier molecular flexibility index (Phi) is 1.97. The molecule has 2 heterocycles. The average molecular weight is 168 g/mol. The first-order valence-corrected chi connectivity index (χ1v) is 3.99. The second kappa shape index (κ2) is 3.12. The van der Waals surface area contributed by atoms with Gasteiger partial charge < -0.3 is 15.8 Å². The lowest BCUT2D eigenvalue weighted by Crippen LogP contribution is -2.37. The lowest BCUT2D eigenvalue weighted by atomic mass is 10.4. The lowest BCUT2D eigenvalue weighted by molar-refractivity contribution is -0.0256. The number of nitrogens with one attached hydrogen (secondary N) is 1. The quantitative estimate of drug-likeness (QED) is 0.598. The number of hydrogen-bond acceptors (Lipinski definition) is 4. The molecule has 1 saturated heterocycles. The van der Waals surface area contributed by atoms with Crippen LogP contribution in [0.1, 0.15) is 6.23 Å². The topological polar surface area (TPSA) is 65.1 Å². The molecule has 1 aliphatic rings. The van der Waals surface area contributed by atoms with Gasteiger partial charge in [-0.3, -0.25) is 0 Å². The maximum atomic E-state index is 5.66. The molecule has 0 saturated carbocycles. The maximum Gasteiger partial charge on any atom is 0.164 e. The number of aromatic nitrogens is 2.